The molecule has 0 aliphatic heterocycles. The van der Waals surface area contributed by atoms with Crippen LogP contribution in [-0.4, -0.2) is 25.1 Å². The number of nitrogens with zero attached hydrogens (tertiary/aromatic N) is 1. The van der Waals surface area contributed by atoms with Gasteiger partial charge in [-0.25, -0.2) is 4.79 Å². The molecule has 0 aliphatic carbocycles. The number of esters is 1. The van der Waals surface area contributed by atoms with Crippen molar-refractivity contribution in [1.82, 2.24) is 0 Å². The fourth-order valence-electron chi connectivity index (χ4n) is 1.79. The Balaban J connectivity index is 2.22. The molecule has 2 aromatic carbocycles. The number of non-ortho nitro benzene ring substituents is 1. The first-order chi connectivity index (χ1) is 10.5. The van der Waals surface area contributed by atoms with Gasteiger partial charge in [0.2, 0.25) is 0 Å². The molecule has 0 spiro atoms. The highest BCUT2D eigenvalue weighted by atomic mass is 16.6. The van der Waals surface area contributed by atoms with Crippen LogP contribution in [0.4, 0.5) is 5.69 Å². The summed E-state index contributed by atoms with van der Waals surface area (Å²) in [6.07, 6.45) is 0. The van der Waals surface area contributed by atoms with Gasteiger partial charge in [-0.3, -0.25) is 10.1 Å². The van der Waals surface area contributed by atoms with E-state index in [1.54, 1.807) is 6.07 Å². The van der Waals surface area contributed by atoms with Gasteiger partial charge in [-0.15, -0.1) is 0 Å². The summed E-state index contributed by atoms with van der Waals surface area (Å²) in [5.74, 6) is 0.306. The highest BCUT2D eigenvalue weighted by Gasteiger charge is 2.14. The van der Waals surface area contributed by atoms with E-state index < -0.39 is 10.9 Å². The second-order valence-electron chi connectivity index (χ2n) is 4.21. The van der Waals surface area contributed by atoms with Gasteiger partial charge in [0, 0.05) is 6.07 Å². The van der Waals surface area contributed by atoms with E-state index in [9.17, 15) is 14.9 Å². The van der Waals surface area contributed by atoms with Gasteiger partial charge in [-0.05, 0) is 24.3 Å². The molecule has 0 aliphatic rings. The first-order valence-electron chi connectivity index (χ1n) is 6.24. The van der Waals surface area contributed by atoms with Gasteiger partial charge in [0.1, 0.15) is 5.75 Å². The summed E-state index contributed by atoms with van der Waals surface area (Å²) >= 11 is 0. The number of rotatable bonds is 5. The van der Waals surface area contributed by atoms with Crippen molar-refractivity contribution in [2.75, 3.05) is 14.2 Å². The highest BCUT2D eigenvalue weighted by Crippen LogP contribution is 2.28. The molecule has 0 saturated carbocycles. The maximum atomic E-state index is 12.1. The molecule has 0 radical (unpaired) electrons. The molecule has 22 heavy (non-hydrogen) atoms. The Labute approximate surface area is 126 Å². The Hall–Kier alpha value is -3.09. The average molecular weight is 303 g/mol. The van der Waals surface area contributed by atoms with Crippen LogP contribution >= 0.6 is 0 Å². The lowest BCUT2D eigenvalue weighted by Gasteiger charge is -2.09. The number of methoxy groups -OCH3 is 2. The normalized spacial score (nSPS) is 9.91. The number of carbonyl (C=O) groups excluding carboxylic acids is 1. The Bertz CT molecular complexity index is 713. The van der Waals surface area contributed by atoms with Gasteiger partial charge < -0.3 is 14.2 Å². The fraction of sp³-hybridized carbons (Fsp3) is 0.133. The quantitative estimate of drug-likeness (QED) is 0.365. The van der Waals surface area contributed by atoms with Gasteiger partial charge in [0.15, 0.2) is 11.5 Å². The van der Waals surface area contributed by atoms with E-state index >= 15 is 0 Å². The van der Waals surface area contributed by atoms with E-state index in [0.717, 1.165) is 0 Å². The van der Waals surface area contributed by atoms with Crippen molar-refractivity contribution in [1.29, 1.82) is 0 Å². The second-order valence-corrected chi connectivity index (χ2v) is 4.21. The largest absolute Gasteiger partial charge is 0.493 e. The summed E-state index contributed by atoms with van der Waals surface area (Å²) in [5, 5.41) is 10.7. The molecular formula is C15H13NO6. The van der Waals surface area contributed by atoms with Gasteiger partial charge in [0.25, 0.3) is 5.69 Å². The molecule has 0 heterocycles. The minimum Gasteiger partial charge on any atom is -0.493 e. The maximum Gasteiger partial charge on any atom is 0.343 e. The summed E-state index contributed by atoms with van der Waals surface area (Å²) in [4.78, 5) is 22.2. The zero-order chi connectivity index (χ0) is 16.1. The van der Waals surface area contributed by atoms with Crippen LogP contribution in [0.1, 0.15) is 10.4 Å². The number of hydrogen-bond acceptors (Lipinski definition) is 6. The molecule has 2 rings (SSSR count). The van der Waals surface area contributed by atoms with E-state index in [1.807, 2.05) is 0 Å². The van der Waals surface area contributed by atoms with Crippen LogP contribution in [0.25, 0.3) is 0 Å². The molecule has 0 fully saturated rings. The van der Waals surface area contributed by atoms with E-state index in [1.165, 1.54) is 50.6 Å². The third-order valence-electron chi connectivity index (χ3n) is 2.86. The molecule has 7 heteroatoms. The van der Waals surface area contributed by atoms with E-state index in [0.29, 0.717) is 11.5 Å². The third-order valence-corrected chi connectivity index (χ3v) is 2.86. The van der Waals surface area contributed by atoms with E-state index in [2.05, 4.69) is 0 Å². The summed E-state index contributed by atoms with van der Waals surface area (Å²) in [6, 6.07) is 9.95. The van der Waals surface area contributed by atoms with Crippen molar-refractivity contribution in [3.8, 4) is 17.2 Å². The number of ether oxygens (including phenoxy) is 3. The van der Waals surface area contributed by atoms with Crippen molar-refractivity contribution in [2.45, 2.75) is 0 Å². The average Bonchev–Trinajstić information content (AvgIpc) is 2.54. The number of benzene rings is 2. The van der Waals surface area contributed by atoms with E-state index in [-0.39, 0.29) is 17.0 Å². The van der Waals surface area contributed by atoms with Gasteiger partial charge in [-0.1, -0.05) is 6.07 Å². The first kappa shape index (κ1) is 15.3. The van der Waals surface area contributed by atoms with Crippen molar-refractivity contribution >= 4 is 11.7 Å². The minimum atomic E-state index is -0.651. The number of carbonyl (C=O) groups is 1. The topological polar surface area (TPSA) is 87.9 Å². The van der Waals surface area contributed by atoms with Crippen molar-refractivity contribution in [3.63, 3.8) is 0 Å². The fourth-order valence-corrected chi connectivity index (χ4v) is 1.79. The third kappa shape index (κ3) is 3.32. The predicted molar refractivity (Wildman–Crippen MR) is 77.6 cm³/mol. The highest BCUT2D eigenvalue weighted by molar-refractivity contribution is 5.91. The number of nitro benzene ring substituents is 1. The lowest BCUT2D eigenvalue weighted by Crippen LogP contribution is -2.09. The van der Waals surface area contributed by atoms with Crippen LogP contribution in [-0.2, 0) is 0 Å². The molecule has 0 amide bonds. The van der Waals surface area contributed by atoms with E-state index in [4.69, 9.17) is 14.2 Å². The van der Waals surface area contributed by atoms with Crippen LogP contribution in [0.15, 0.2) is 42.5 Å². The summed E-state index contributed by atoms with van der Waals surface area (Å²) in [5.41, 5.74) is 0.0850. The monoisotopic (exact) mass is 303 g/mol. The van der Waals surface area contributed by atoms with Crippen LogP contribution in [0.2, 0.25) is 0 Å². The first-order valence-corrected chi connectivity index (χ1v) is 6.24. The Morgan fingerprint density at radius 2 is 1.77 bits per heavy atom. The molecular weight excluding hydrogens is 290 g/mol. The zero-order valence-electron chi connectivity index (χ0n) is 11.9. The Kier molecular flexibility index (Phi) is 4.57. The Morgan fingerprint density at radius 1 is 1.05 bits per heavy atom. The maximum absolute atomic E-state index is 12.1. The van der Waals surface area contributed by atoms with Crippen LogP contribution < -0.4 is 14.2 Å². The molecule has 0 aromatic heterocycles. The van der Waals surface area contributed by atoms with Crippen molar-refractivity contribution in [3.05, 3.63) is 58.1 Å². The number of nitro groups is 1. The van der Waals surface area contributed by atoms with Gasteiger partial charge in [0.05, 0.1) is 30.8 Å². The standard InChI is InChI=1S/C15H13NO6/c1-20-13-7-6-10(8-14(13)21-2)15(17)22-12-5-3-4-11(9-12)16(18)19/h3-9H,1-2H3. The Morgan fingerprint density at radius 3 is 2.41 bits per heavy atom. The van der Waals surface area contributed by atoms with Crippen LogP contribution in [0, 0.1) is 10.1 Å². The number of hydrogen-bond donors (Lipinski definition) is 0. The predicted octanol–water partition coefficient (Wildman–Crippen LogP) is 2.83. The smallest absolute Gasteiger partial charge is 0.343 e. The lowest BCUT2D eigenvalue weighted by molar-refractivity contribution is -0.384. The summed E-state index contributed by atoms with van der Waals surface area (Å²) in [6.45, 7) is 0. The molecule has 0 bridgehead atoms. The summed E-state index contributed by atoms with van der Waals surface area (Å²) < 4.78 is 15.3. The molecule has 0 N–H and O–H groups in total. The second kappa shape index (κ2) is 6.57. The molecule has 0 atom stereocenters. The SMILES string of the molecule is COc1ccc(C(=O)Oc2cccc([N+](=O)[O-])c2)cc1OC. The van der Waals surface area contributed by atoms with Crippen LogP contribution in [0.3, 0.4) is 0 Å². The molecule has 0 unspecified atom stereocenters. The zero-order valence-corrected chi connectivity index (χ0v) is 11.9. The molecule has 0 saturated heterocycles. The van der Waals surface area contributed by atoms with Gasteiger partial charge in [-0.2, -0.15) is 0 Å². The minimum absolute atomic E-state index is 0.0917. The molecule has 114 valence electrons. The molecule has 2 aromatic rings. The van der Waals surface area contributed by atoms with Gasteiger partial charge >= 0.3 is 5.97 Å². The van der Waals surface area contributed by atoms with Crippen molar-refractivity contribution in [2.24, 2.45) is 0 Å². The molecule has 7 nitrogen and oxygen atoms in total. The van der Waals surface area contributed by atoms with Crippen molar-refractivity contribution < 1.29 is 23.9 Å². The summed E-state index contributed by atoms with van der Waals surface area (Å²) in [7, 11) is 2.94. The van der Waals surface area contributed by atoms with Crippen LogP contribution in [0.5, 0.6) is 17.2 Å². The lowest BCUT2D eigenvalue weighted by atomic mass is 10.2.